The smallest absolute Gasteiger partial charge is 0.407 e. The van der Waals surface area contributed by atoms with E-state index in [-0.39, 0.29) is 19.1 Å². The topological polar surface area (TPSA) is 77.5 Å². The Morgan fingerprint density at radius 3 is 2.38 bits per heavy atom. The van der Waals surface area contributed by atoms with Gasteiger partial charge in [-0.2, -0.15) is 0 Å². The zero-order valence-electron chi connectivity index (χ0n) is 17.6. The van der Waals surface area contributed by atoms with Crippen LogP contribution in [0.4, 0.5) is 4.79 Å². The second-order valence-corrected chi connectivity index (χ2v) is 7.16. The quantitative estimate of drug-likeness (QED) is 0.490. The van der Waals surface area contributed by atoms with Crippen molar-refractivity contribution in [3.63, 3.8) is 0 Å². The summed E-state index contributed by atoms with van der Waals surface area (Å²) < 4.78 is 10.4. The van der Waals surface area contributed by atoms with E-state index in [1.807, 2.05) is 24.3 Å². The Labute approximate surface area is 186 Å². The van der Waals surface area contributed by atoms with Gasteiger partial charge in [-0.3, -0.25) is 4.98 Å². The highest BCUT2D eigenvalue weighted by molar-refractivity contribution is 5.89. The zero-order valence-corrected chi connectivity index (χ0v) is 17.6. The molecule has 0 radical (unpaired) electrons. The first-order valence-corrected chi connectivity index (χ1v) is 10.4. The van der Waals surface area contributed by atoms with Crippen LogP contribution in [0.15, 0.2) is 67.0 Å². The number of alkyl carbamates (subject to hydrolysis) is 1. The highest BCUT2D eigenvalue weighted by Gasteiger charge is 2.28. The van der Waals surface area contributed by atoms with Gasteiger partial charge < -0.3 is 14.8 Å². The summed E-state index contributed by atoms with van der Waals surface area (Å²) in [4.78, 5) is 27.9. The maximum absolute atomic E-state index is 12.2. The largest absolute Gasteiger partial charge is 0.462 e. The Morgan fingerprint density at radius 2 is 1.69 bits per heavy atom. The number of rotatable bonds is 5. The Bertz CT molecular complexity index is 1160. The molecule has 2 aromatic carbocycles. The number of amides is 1. The van der Waals surface area contributed by atoms with E-state index >= 15 is 0 Å². The van der Waals surface area contributed by atoms with Crippen molar-refractivity contribution >= 4 is 12.1 Å². The highest BCUT2D eigenvalue weighted by atomic mass is 16.5. The predicted octanol–water partition coefficient (Wildman–Crippen LogP) is 4.15. The van der Waals surface area contributed by atoms with Crippen LogP contribution in [0, 0.1) is 11.8 Å². The van der Waals surface area contributed by atoms with E-state index in [2.05, 4.69) is 46.4 Å². The number of fused-ring (bicyclic) bond motifs is 3. The number of aromatic nitrogens is 1. The van der Waals surface area contributed by atoms with E-state index in [1.165, 1.54) is 17.3 Å². The lowest BCUT2D eigenvalue weighted by Crippen LogP contribution is -2.26. The molecule has 1 aliphatic carbocycles. The molecule has 0 atom stereocenters. The molecular weight excluding hydrogens is 404 g/mol. The first kappa shape index (κ1) is 21.1. The van der Waals surface area contributed by atoms with Crippen LogP contribution in [0.1, 0.15) is 39.9 Å². The molecule has 0 bridgehead atoms. The van der Waals surface area contributed by atoms with Crippen molar-refractivity contribution in [1.29, 1.82) is 0 Å². The fraction of sp³-hybridized carbons (Fsp3) is 0.192. The Hall–Kier alpha value is -4.11. The number of carbonyl (C=O) groups is 2. The van der Waals surface area contributed by atoms with Crippen LogP contribution in [0.2, 0.25) is 0 Å². The predicted molar refractivity (Wildman–Crippen MR) is 120 cm³/mol. The number of esters is 1. The van der Waals surface area contributed by atoms with E-state index in [0.29, 0.717) is 17.7 Å². The molecule has 1 heterocycles. The lowest BCUT2D eigenvalue weighted by atomic mass is 9.98. The molecule has 0 aliphatic heterocycles. The Morgan fingerprint density at radius 1 is 1.00 bits per heavy atom. The molecule has 160 valence electrons. The number of pyridine rings is 1. The van der Waals surface area contributed by atoms with Crippen LogP contribution in [-0.4, -0.2) is 36.8 Å². The Kier molecular flexibility index (Phi) is 6.47. The van der Waals surface area contributed by atoms with Gasteiger partial charge in [-0.1, -0.05) is 60.4 Å². The summed E-state index contributed by atoms with van der Waals surface area (Å²) in [5.41, 5.74) is 5.59. The normalized spacial score (nSPS) is 11.5. The minimum Gasteiger partial charge on any atom is -0.462 e. The molecule has 6 heteroatoms. The molecule has 6 nitrogen and oxygen atoms in total. The molecule has 1 amide bonds. The maximum Gasteiger partial charge on any atom is 0.407 e. The number of hydrogen-bond acceptors (Lipinski definition) is 5. The fourth-order valence-electron chi connectivity index (χ4n) is 3.75. The molecule has 1 N–H and O–H groups in total. The highest BCUT2D eigenvalue weighted by Crippen LogP contribution is 2.44. The summed E-state index contributed by atoms with van der Waals surface area (Å²) in [5.74, 6) is 5.27. The molecule has 1 aliphatic rings. The van der Waals surface area contributed by atoms with Gasteiger partial charge in [0, 0.05) is 23.9 Å². The zero-order chi connectivity index (χ0) is 22.3. The molecular formula is C26H22N2O4. The second-order valence-electron chi connectivity index (χ2n) is 7.16. The van der Waals surface area contributed by atoms with Crippen LogP contribution in [0.25, 0.3) is 11.1 Å². The van der Waals surface area contributed by atoms with Crippen molar-refractivity contribution in [2.45, 2.75) is 12.8 Å². The third-order valence-electron chi connectivity index (χ3n) is 5.15. The lowest BCUT2D eigenvalue weighted by molar-refractivity contribution is 0.0525. The number of benzene rings is 2. The average Bonchev–Trinajstić information content (AvgIpc) is 3.15. The first-order chi connectivity index (χ1) is 15.7. The van der Waals surface area contributed by atoms with E-state index in [0.717, 1.165) is 11.1 Å². The molecule has 32 heavy (non-hydrogen) atoms. The van der Waals surface area contributed by atoms with Gasteiger partial charge >= 0.3 is 12.1 Å². The first-order valence-electron chi connectivity index (χ1n) is 10.4. The Balaban J connectivity index is 1.32. The van der Waals surface area contributed by atoms with Crippen molar-refractivity contribution < 1.29 is 19.1 Å². The summed E-state index contributed by atoms with van der Waals surface area (Å²) in [6.07, 6.45) is 2.45. The maximum atomic E-state index is 12.2. The summed E-state index contributed by atoms with van der Waals surface area (Å²) in [5, 5.41) is 2.64. The van der Waals surface area contributed by atoms with Gasteiger partial charge in [-0.25, -0.2) is 9.59 Å². The molecule has 3 aromatic rings. The van der Waals surface area contributed by atoms with Crippen LogP contribution in [-0.2, 0) is 9.47 Å². The van der Waals surface area contributed by atoms with Gasteiger partial charge in [0.05, 0.1) is 18.7 Å². The number of ether oxygens (including phenoxy) is 2. The number of hydrogen-bond donors (Lipinski definition) is 1. The van der Waals surface area contributed by atoms with E-state index in [9.17, 15) is 9.59 Å². The summed E-state index contributed by atoms with van der Waals surface area (Å²) >= 11 is 0. The van der Waals surface area contributed by atoms with Gasteiger partial charge in [-0.05, 0) is 35.2 Å². The number of nitrogens with one attached hydrogen (secondary N) is 1. The fourth-order valence-corrected chi connectivity index (χ4v) is 3.75. The molecule has 0 saturated carbocycles. The molecule has 4 rings (SSSR count). The molecule has 1 aromatic heterocycles. The van der Waals surface area contributed by atoms with Gasteiger partial charge in [0.25, 0.3) is 0 Å². The molecule has 0 unspecified atom stereocenters. The van der Waals surface area contributed by atoms with Crippen LogP contribution < -0.4 is 5.32 Å². The number of nitrogens with zero attached hydrogens (tertiary/aromatic N) is 1. The van der Waals surface area contributed by atoms with Gasteiger partial charge in [-0.15, -0.1) is 0 Å². The third-order valence-corrected chi connectivity index (χ3v) is 5.15. The SMILES string of the molecule is CCOC(=O)c1cncc(C#CCNC(=O)OCC2c3ccccc3-c3ccccc32)c1. The van der Waals surface area contributed by atoms with Crippen LogP contribution >= 0.6 is 0 Å². The standard InChI is InChI=1S/C26H22N2O4/c1-2-31-25(29)19-14-18(15-27-16-19)8-7-13-28-26(30)32-17-24-22-11-5-3-9-20(22)21-10-4-6-12-23(21)24/h3-6,9-12,14-16,24H,2,13,17H2,1H3,(H,28,30). The van der Waals surface area contributed by atoms with Crippen LogP contribution in [0.5, 0.6) is 0 Å². The van der Waals surface area contributed by atoms with Gasteiger partial charge in [0.2, 0.25) is 0 Å². The van der Waals surface area contributed by atoms with E-state index in [1.54, 1.807) is 19.2 Å². The minimum atomic E-state index is -0.528. The second kappa shape index (κ2) is 9.80. The van der Waals surface area contributed by atoms with Crippen molar-refractivity contribution in [2.24, 2.45) is 0 Å². The van der Waals surface area contributed by atoms with Gasteiger partial charge in [0.1, 0.15) is 6.61 Å². The lowest BCUT2D eigenvalue weighted by Gasteiger charge is -2.14. The van der Waals surface area contributed by atoms with Crippen molar-refractivity contribution in [2.75, 3.05) is 19.8 Å². The van der Waals surface area contributed by atoms with Gasteiger partial charge in [0.15, 0.2) is 0 Å². The summed E-state index contributed by atoms with van der Waals surface area (Å²) in [6, 6.07) is 18.0. The minimum absolute atomic E-state index is 0.0101. The summed E-state index contributed by atoms with van der Waals surface area (Å²) in [6.45, 7) is 2.39. The monoisotopic (exact) mass is 426 g/mol. The molecule has 0 saturated heterocycles. The number of carbonyl (C=O) groups excluding carboxylic acids is 2. The molecule has 0 fully saturated rings. The van der Waals surface area contributed by atoms with E-state index in [4.69, 9.17) is 9.47 Å². The average molecular weight is 426 g/mol. The van der Waals surface area contributed by atoms with Crippen molar-refractivity contribution in [3.8, 4) is 23.0 Å². The molecule has 0 spiro atoms. The van der Waals surface area contributed by atoms with Crippen molar-refractivity contribution in [3.05, 3.63) is 89.2 Å². The van der Waals surface area contributed by atoms with E-state index < -0.39 is 12.1 Å². The van der Waals surface area contributed by atoms with Crippen LogP contribution in [0.3, 0.4) is 0 Å². The summed E-state index contributed by atoms with van der Waals surface area (Å²) in [7, 11) is 0. The van der Waals surface area contributed by atoms with Crippen molar-refractivity contribution in [1.82, 2.24) is 10.3 Å². The third kappa shape index (κ3) is 4.62.